The van der Waals surface area contributed by atoms with Gasteiger partial charge in [0, 0.05) is 13.0 Å². The molecule has 4 nitrogen and oxygen atoms in total. The summed E-state index contributed by atoms with van der Waals surface area (Å²) in [5, 5.41) is 12.1. The van der Waals surface area contributed by atoms with E-state index in [1.807, 2.05) is 0 Å². The van der Waals surface area contributed by atoms with Crippen molar-refractivity contribution in [2.45, 2.75) is 52.1 Å². The van der Waals surface area contributed by atoms with Crippen LogP contribution in [0.3, 0.4) is 0 Å². The highest BCUT2D eigenvalue weighted by atomic mass is 15.3. The second kappa shape index (κ2) is 4.77. The van der Waals surface area contributed by atoms with Crippen LogP contribution in [0.1, 0.15) is 44.3 Å². The van der Waals surface area contributed by atoms with Crippen LogP contribution in [-0.2, 0) is 19.5 Å². The zero-order chi connectivity index (χ0) is 11.7. The third kappa shape index (κ3) is 2.51. The maximum atomic E-state index is 4.31. The van der Waals surface area contributed by atoms with E-state index in [9.17, 15) is 0 Å². The van der Waals surface area contributed by atoms with Crippen LogP contribution >= 0.6 is 0 Å². The standard InChI is InChI=1S/C13H22N4/c1-10(11-5-6-11)8-14-9-13-16-15-12-4-2-3-7-17(12)13/h10-11,14H,2-9H2,1H3. The van der Waals surface area contributed by atoms with Gasteiger partial charge >= 0.3 is 0 Å². The van der Waals surface area contributed by atoms with Crippen LogP contribution < -0.4 is 5.32 Å². The van der Waals surface area contributed by atoms with E-state index in [0.29, 0.717) is 0 Å². The maximum Gasteiger partial charge on any atom is 0.147 e. The summed E-state index contributed by atoms with van der Waals surface area (Å²) in [5.74, 6) is 4.11. The van der Waals surface area contributed by atoms with Crippen molar-refractivity contribution in [1.29, 1.82) is 0 Å². The predicted octanol–water partition coefficient (Wildman–Crippen LogP) is 1.75. The maximum absolute atomic E-state index is 4.31. The lowest BCUT2D eigenvalue weighted by Gasteiger charge is -2.15. The fourth-order valence-corrected chi connectivity index (χ4v) is 2.74. The quantitative estimate of drug-likeness (QED) is 0.844. The number of hydrogen-bond acceptors (Lipinski definition) is 3. The van der Waals surface area contributed by atoms with Gasteiger partial charge in [0.05, 0.1) is 6.54 Å². The van der Waals surface area contributed by atoms with Crippen molar-refractivity contribution < 1.29 is 0 Å². The van der Waals surface area contributed by atoms with Gasteiger partial charge in [-0.25, -0.2) is 0 Å². The summed E-state index contributed by atoms with van der Waals surface area (Å²) < 4.78 is 2.30. The molecule has 1 aromatic rings. The first kappa shape index (κ1) is 11.2. The van der Waals surface area contributed by atoms with Crippen molar-refractivity contribution in [3.8, 4) is 0 Å². The number of hydrogen-bond donors (Lipinski definition) is 1. The van der Waals surface area contributed by atoms with Gasteiger partial charge in [0.1, 0.15) is 11.6 Å². The van der Waals surface area contributed by atoms with Crippen molar-refractivity contribution in [3.63, 3.8) is 0 Å². The molecule has 0 bridgehead atoms. The minimum Gasteiger partial charge on any atom is -0.314 e. The molecule has 17 heavy (non-hydrogen) atoms. The zero-order valence-electron chi connectivity index (χ0n) is 10.7. The second-order valence-corrected chi connectivity index (χ2v) is 5.59. The molecule has 94 valence electrons. The van der Waals surface area contributed by atoms with Gasteiger partial charge in [-0.05, 0) is 44.1 Å². The lowest BCUT2D eigenvalue weighted by atomic mass is 10.1. The number of aryl methyl sites for hydroxylation is 1. The Balaban J connectivity index is 1.52. The smallest absolute Gasteiger partial charge is 0.147 e. The molecule has 1 aliphatic carbocycles. The minimum absolute atomic E-state index is 0.818. The van der Waals surface area contributed by atoms with Crippen LogP contribution in [0.25, 0.3) is 0 Å². The van der Waals surface area contributed by atoms with Crippen molar-refractivity contribution in [1.82, 2.24) is 20.1 Å². The SMILES string of the molecule is CC(CNCc1nnc2n1CCCC2)C1CC1. The van der Waals surface area contributed by atoms with Gasteiger partial charge in [-0.15, -0.1) is 10.2 Å². The Labute approximate surface area is 103 Å². The van der Waals surface area contributed by atoms with E-state index in [1.165, 1.54) is 31.5 Å². The molecule has 1 aliphatic heterocycles. The molecule has 2 heterocycles. The first-order valence-electron chi connectivity index (χ1n) is 6.96. The summed E-state index contributed by atoms with van der Waals surface area (Å²) in [6, 6.07) is 0. The van der Waals surface area contributed by atoms with Gasteiger partial charge in [0.2, 0.25) is 0 Å². The Hall–Kier alpha value is -0.900. The summed E-state index contributed by atoms with van der Waals surface area (Å²) in [4.78, 5) is 0. The van der Waals surface area contributed by atoms with E-state index in [1.54, 1.807) is 0 Å². The van der Waals surface area contributed by atoms with Gasteiger partial charge in [0.15, 0.2) is 0 Å². The van der Waals surface area contributed by atoms with E-state index in [4.69, 9.17) is 0 Å². The second-order valence-electron chi connectivity index (χ2n) is 5.59. The van der Waals surface area contributed by atoms with Crippen LogP contribution in [0.2, 0.25) is 0 Å². The van der Waals surface area contributed by atoms with Crippen molar-refractivity contribution in [3.05, 3.63) is 11.6 Å². The highest BCUT2D eigenvalue weighted by molar-refractivity contribution is 4.98. The Morgan fingerprint density at radius 3 is 3.06 bits per heavy atom. The monoisotopic (exact) mass is 234 g/mol. The lowest BCUT2D eigenvalue weighted by molar-refractivity contribution is 0.445. The predicted molar refractivity (Wildman–Crippen MR) is 66.6 cm³/mol. The molecule has 0 saturated heterocycles. The molecule has 3 rings (SSSR count). The van der Waals surface area contributed by atoms with Gasteiger partial charge in [-0.1, -0.05) is 6.92 Å². The van der Waals surface area contributed by atoms with Crippen LogP contribution in [0.5, 0.6) is 0 Å². The topological polar surface area (TPSA) is 42.7 Å². The molecular weight excluding hydrogens is 212 g/mol. The summed E-state index contributed by atoms with van der Waals surface area (Å²) in [5.41, 5.74) is 0. The van der Waals surface area contributed by atoms with Crippen LogP contribution in [-0.4, -0.2) is 21.3 Å². The summed E-state index contributed by atoms with van der Waals surface area (Å²) in [7, 11) is 0. The number of fused-ring (bicyclic) bond motifs is 1. The summed E-state index contributed by atoms with van der Waals surface area (Å²) in [6.07, 6.45) is 6.51. The third-order valence-electron chi connectivity index (χ3n) is 4.11. The molecule has 0 spiro atoms. The lowest BCUT2D eigenvalue weighted by Crippen LogP contribution is -2.24. The fraction of sp³-hybridized carbons (Fsp3) is 0.846. The molecule has 2 aliphatic rings. The van der Waals surface area contributed by atoms with Crippen LogP contribution in [0, 0.1) is 11.8 Å². The zero-order valence-corrected chi connectivity index (χ0v) is 10.7. The minimum atomic E-state index is 0.818. The molecule has 0 aromatic carbocycles. The Kier molecular flexibility index (Phi) is 3.14. The normalized spacial score (nSPS) is 21.2. The molecule has 1 fully saturated rings. The van der Waals surface area contributed by atoms with Gasteiger partial charge < -0.3 is 9.88 Å². The Morgan fingerprint density at radius 2 is 2.24 bits per heavy atom. The molecule has 1 aromatic heterocycles. The van der Waals surface area contributed by atoms with Gasteiger partial charge in [-0.2, -0.15) is 0 Å². The number of nitrogens with one attached hydrogen (secondary N) is 1. The average molecular weight is 234 g/mol. The number of nitrogens with zero attached hydrogens (tertiary/aromatic N) is 3. The third-order valence-corrected chi connectivity index (χ3v) is 4.11. The summed E-state index contributed by atoms with van der Waals surface area (Å²) in [6.45, 7) is 5.46. The molecule has 0 amide bonds. The molecule has 0 radical (unpaired) electrons. The Morgan fingerprint density at radius 1 is 1.35 bits per heavy atom. The fourth-order valence-electron chi connectivity index (χ4n) is 2.74. The number of rotatable bonds is 5. The van der Waals surface area contributed by atoms with Crippen LogP contribution in [0.15, 0.2) is 0 Å². The highest BCUT2D eigenvalue weighted by Crippen LogP contribution is 2.36. The molecule has 4 heteroatoms. The van der Waals surface area contributed by atoms with Crippen molar-refractivity contribution >= 4 is 0 Å². The van der Waals surface area contributed by atoms with E-state index in [0.717, 1.165) is 43.7 Å². The first-order chi connectivity index (χ1) is 8.34. The number of aromatic nitrogens is 3. The largest absolute Gasteiger partial charge is 0.314 e. The first-order valence-corrected chi connectivity index (χ1v) is 6.96. The molecule has 1 saturated carbocycles. The average Bonchev–Trinajstić information content (AvgIpc) is 3.12. The van der Waals surface area contributed by atoms with Crippen molar-refractivity contribution in [2.24, 2.45) is 11.8 Å². The van der Waals surface area contributed by atoms with Gasteiger partial charge in [0.25, 0.3) is 0 Å². The van der Waals surface area contributed by atoms with E-state index in [2.05, 4.69) is 27.0 Å². The Bertz CT molecular complexity index is 381. The molecule has 1 atom stereocenters. The van der Waals surface area contributed by atoms with Crippen molar-refractivity contribution in [2.75, 3.05) is 6.54 Å². The van der Waals surface area contributed by atoms with Crippen LogP contribution in [0.4, 0.5) is 0 Å². The van der Waals surface area contributed by atoms with E-state index >= 15 is 0 Å². The molecule has 1 N–H and O–H groups in total. The van der Waals surface area contributed by atoms with E-state index in [-0.39, 0.29) is 0 Å². The molecule has 1 unspecified atom stereocenters. The molecular formula is C13H22N4. The summed E-state index contributed by atoms with van der Waals surface area (Å²) >= 11 is 0. The van der Waals surface area contributed by atoms with E-state index < -0.39 is 0 Å². The highest BCUT2D eigenvalue weighted by Gasteiger charge is 2.27. The van der Waals surface area contributed by atoms with Gasteiger partial charge in [-0.3, -0.25) is 0 Å².